The predicted molar refractivity (Wildman–Crippen MR) is 193 cm³/mol. The summed E-state index contributed by atoms with van der Waals surface area (Å²) < 4.78 is 7.10. The number of benzene rings is 3. The molecule has 1 spiro atoms. The fourth-order valence-electron chi connectivity index (χ4n) is 8.69. The summed E-state index contributed by atoms with van der Waals surface area (Å²) in [6, 6.07) is 22.9. The Morgan fingerprint density at radius 2 is 1.63 bits per heavy atom. The fraction of sp³-hybridized carbons (Fsp3) is 0.439. The zero-order chi connectivity index (χ0) is 34.6. The number of rotatable bonds is 16. The number of hydrogen-bond acceptors (Lipinski definition) is 5. The van der Waals surface area contributed by atoms with Gasteiger partial charge in [0.05, 0.1) is 17.4 Å². The third kappa shape index (κ3) is 6.21. The lowest BCUT2D eigenvalue weighted by Crippen LogP contribution is -2.56. The van der Waals surface area contributed by atoms with Crippen molar-refractivity contribution < 1.29 is 24.2 Å². The molecule has 258 valence electrons. The van der Waals surface area contributed by atoms with Crippen molar-refractivity contribution in [3.8, 4) is 0 Å². The first-order valence-electron chi connectivity index (χ1n) is 17.8. The minimum atomic E-state index is -1.13. The van der Waals surface area contributed by atoms with Crippen molar-refractivity contribution in [1.82, 2.24) is 9.80 Å². The number of hydrogen-bond donors (Lipinski definition) is 1. The number of likely N-dealkylation sites (tertiary alicyclic amines) is 1. The Morgan fingerprint density at radius 1 is 0.918 bits per heavy atom. The molecule has 5 atom stereocenters. The predicted octanol–water partition coefficient (Wildman–Crippen LogP) is 6.28. The van der Waals surface area contributed by atoms with E-state index >= 15 is 4.79 Å². The first kappa shape index (κ1) is 34.6. The molecule has 8 heteroatoms. The van der Waals surface area contributed by atoms with E-state index in [2.05, 4.69) is 13.2 Å². The van der Waals surface area contributed by atoms with Crippen molar-refractivity contribution in [2.24, 2.45) is 11.8 Å². The summed E-state index contributed by atoms with van der Waals surface area (Å²) in [5.41, 5.74) is -0.249. The molecule has 3 amide bonds. The average molecular weight is 664 g/mol. The largest absolute Gasteiger partial charge is 0.396 e. The summed E-state index contributed by atoms with van der Waals surface area (Å²) in [6.45, 7) is 11.4. The topological polar surface area (TPSA) is 90.4 Å². The van der Waals surface area contributed by atoms with Gasteiger partial charge in [-0.05, 0) is 60.6 Å². The highest BCUT2D eigenvalue weighted by Gasteiger charge is 2.79. The third-order valence-electron chi connectivity index (χ3n) is 11.0. The zero-order valence-electron chi connectivity index (χ0n) is 28.6. The van der Waals surface area contributed by atoms with E-state index in [9.17, 15) is 14.7 Å². The summed E-state index contributed by atoms with van der Waals surface area (Å²) in [6.07, 6.45) is 8.14. The van der Waals surface area contributed by atoms with Crippen LogP contribution in [0.3, 0.4) is 0 Å². The number of fused-ring (bicyclic) bond motifs is 2. The molecular formula is C41H49N3O5. The second kappa shape index (κ2) is 14.7. The maximum absolute atomic E-state index is 15.1. The molecule has 0 radical (unpaired) electrons. The fourth-order valence-corrected chi connectivity index (χ4v) is 8.69. The second-order valence-electron chi connectivity index (χ2n) is 13.8. The van der Waals surface area contributed by atoms with Crippen LogP contribution in [0.25, 0.3) is 10.8 Å². The maximum Gasteiger partial charge on any atom is 0.253 e. The van der Waals surface area contributed by atoms with Crippen LogP contribution >= 0.6 is 0 Å². The molecule has 3 aromatic carbocycles. The number of nitrogens with zero attached hydrogens (tertiary/aromatic N) is 3. The highest BCUT2D eigenvalue weighted by molar-refractivity contribution is 6.06. The Hall–Kier alpha value is -4.27. The highest BCUT2D eigenvalue weighted by atomic mass is 16.5. The normalized spacial score (nSPS) is 25.4. The van der Waals surface area contributed by atoms with Gasteiger partial charge in [0.1, 0.15) is 11.6 Å². The lowest BCUT2D eigenvalue weighted by Gasteiger charge is -2.37. The number of amides is 3. The number of carbonyl (C=O) groups is 3. The maximum atomic E-state index is 15.1. The summed E-state index contributed by atoms with van der Waals surface area (Å²) in [5, 5.41) is 11.4. The third-order valence-corrected chi connectivity index (χ3v) is 11.0. The van der Waals surface area contributed by atoms with E-state index in [1.165, 1.54) is 0 Å². The van der Waals surface area contributed by atoms with Crippen LogP contribution in [-0.2, 0) is 25.7 Å². The van der Waals surface area contributed by atoms with E-state index in [4.69, 9.17) is 4.74 Å². The van der Waals surface area contributed by atoms with Gasteiger partial charge in [-0.1, -0.05) is 92.6 Å². The van der Waals surface area contributed by atoms with Crippen molar-refractivity contribution in [1.29, 1.82) is 0 Å². The number of unbranched alkanes of at least 4 members (excludes halogenated alkanes) is 3. The first-order valence-corrected chi connectivity index (χ1v) is 17.8. The molecule has 1 N–H and O–H groups in total. The van der Waals surface area contributed by atoms with Gasteiger partial charge < -0.3 is 24.5 Å². The van der Waals surface area contributed by atoms with Gasteiger partial charge in [0, 0.05) is 38.5 Å². The number of aliphatic hydroxyl groups excluding tert-OH is 1. The molecule has 3 aliphatic heterocycles. The van der Waals surface area contributed by atoms with E-state index in [0.717, 1.165) is 34.9 Å². The lowest BCUT2D eigenvalue weighted by molar-refractivity contribution is -0.151. The molecule has 3 aliphatic rings. The van der Waals surface area contributed by atoms with Crippen LogP contribution < -0.4 is 4.90 Å². The molecule has 0 saturated carbocycles. The van der Waals surface area contributed by atoms with E-state index in [-0.39, 0.29) is 30.9 Å². The van der Waals surface area contributed by atoms with E-state index < -0.39 is 29.1 Å². The van der Waals surface area contributed by atoms with Crippen LogP contribution in [0.4, 0.5) is 5.69 Å². The minimum absolute atomic E-state index is 0.123. The van der Waals surface area contributed by atoms with Crippen molar-refractivity contribution in [2.75, 3.05) is 31.1 Å². The molecule has 3 heterocycles. The quantitative estimate of drug-likeness (QED) is 0.144. The minimum Gasteiger partial charge on any atom is -0.396 e. The van der Waals surface area contributed by atoms with Gasteiger partial charge in [0.2, 0.25) is 11.8 Å². The highest BCUT2D eigenvalue weighted by Crippen LogP contribution is 2.64. The molecule has 3 aromatic rings. The molecule has 49 heavy (non-hydrogen) atoms. The van der Waals surface area contributed by atoms with E-state index in [0.29, 0.717) is 51.7 Å². The van der Waals surface area contributed by atoms with Crippen LogP contribution in [0.15, 0.2) is 98.1 Å². The van der Waals surface area contributed by atoms with Gasteiger partial charge in [0.15, 0.2) is 0 Å². The lowest BCUT2D eigenvalue weighted by atomic mass is 9.64. The van der Waals surface area contributed by atoms with Gasteiger partial charge in [-0.25, -0.2) is 0 Å². The number of aliphatic hydroxyl groups is 1. The molecule has 0 aliphatic carbocycles. The summed E-state index contributed by atoms with van der Waals surface area (Å²) in [7, 11) is 0. The van der Waals surface area contributed by atoms with E-state index in [1.807, 2.05) is 79.7 Å². The Labute approximate surface area is 290 Å². The number of anilines is 1. The smallest absolute Gasteiger partial charge is 0.253 e. The van der Waals surface area contributed by atoms with Crippen molar-refractivity contribution in [3.63, 3.8) is 0 Å². The number of carbonyl (C=O) groups excluding carboxylic acids is 3. The molecular weight excluding hydrogens is 614 g/mol. The first-order chi connectivity index (χ1) is 23.8. The molecule has 3 saturated heterocycles. The average Bonchev–Trinajstić information content (AvgIpc) is 3.73. The SMILES string of the molecule is C=CCN(Cc1ccccc1)C(=O)[C@H]1[C@H]2C(=O)N(CCCCCCO)C(C(=O)N(CC=C)c3ccc4ccccc4c3)C23CC[C@]1(CC)O3. The Morgan fingerprint density at radius 3 is 2.35 bits per heavy atom. The van der Waals surface area contributed by atoms with Crippen LogP contribution in [0.2, 0.25) is 0 Å². The van der Waals surface area contributed by atoms with Crippen LogP contribution in [0.1, 0.15) is 57.4 Å². The molecule has 6 rings (SSSR count). The summed E-state index contributed by atoms with van der Waals surface area (Å²) in [5.74, 6) is -2.01. The van der Waals surface area contributed by atoms with Gasteiger partial charge in [-0.2, -0.15) is 0 Å². The summed E-state index contributed by atoms with van der Waals surface area (Å²) >= 11 is 0. The van der Waals surface area contributed by atoms with Crippen LogP contribution in [0, 0.1) is 11.8 Å². The molecule has 3 fully saturated rings. The van der Waals surface area contributed by atoms with Gasteiger partial charge in [-0.3, -0.25) is 14.4 Å². The monoisotopic (exact) mass is 663 g/mol. The molecule has 2 unspecified atom stereocenters. The van der Waals surface area contributed by atoms with Crippen molar-refractivity contribution in [2.45, 2.75) is 75.7 Å². The van der Waals surface area contributed by atoms with Gasteiger partial charge in [-0.15, -0.1) is 13.2 Å². The van der Waals surface area contributed by atoms with Gasteiger partial charge >= 0.3 is 0 Å². The Bertz CT molecular complexity index is 1690. The van der Waals surface area contributed by atoms with Crippen LogP contribution in [0.5, 0.6) is 0 Å². The Kier molecular flexibility index (Phi) is 10.4. The summed E-state index contributed by atoms with van der Waals surface area (Å²) in [4.78, 5) is 49.9. The molecule has 8 nitrogen and oxygen atoms in total. The van der Waals surface area contributed by atoms with Crippen LogP contribution in [-0.4, -0.2) is 76.1 Å². The van der Waals surface area contributed by atoms with Crippen molar-refractivity contribution in [3.05, 3.63) is 104 Å². The molecule has 2 bridgehead atoms. The second-order valence-corrected chi connectivity index (χ2v) is 13.8. The standard InChI is InChI=1S/C41H49N3O5/c1-4-24-42(29-30-16-10-9-11-17-30)37(46)34-35-38(47)44(26-14-7-8-15-27-45)36(41(35)23-22-40(34,6-3)49-41)39(48)43(25-5-2)33-21-20-31-18-12-13-19-32(31)28-33/h4-5,9-13,16-21,28,34-36,45H,1-2,6-8,14-15,22-27,29H2,3H3/t34-,35+,36?,40+,41?/m1/s1. The Balaban J connectivity index is 1.40. The molecule has 0 aromatic heterocycles. The van der Waals surface area contributed by atoms with Crippen molar-refractivity contribution >= 4 is 34.2 Å². The zero-order valence-corrected chi connectivity index (χ0v) is 28.6. The van der Waals surface area contributed by atoms with E-state index in [1.54, 1.807) is 26.9 Å². The van der Waals surface area contributed by atoms with Gasteiger partial charge in [0.25, 0.3) is 5.91 Å². The number of ether oxygens (including phenoxy) is 1.